The molecule has 1 rings (SSSR count). The molecule has 0 aromatic heterocycles. The summed E-state index contributed by atoms with van der Waals surface area (Å²) in [4.78, 5) is 11.3. The second-order valence-electron chi connectivity index (χ2n) is 3.94. The lowest BCUT2D eigenvalue weighted by Crippen LogP contribution is -2.40. The minimum absolute atomic E-state index is 0.114. The van der Waals surface area contributed by atoms with Crippen molar-refractivity contribution in [1.29, 1.82) is 0 Å². The normalized spacial score (nSPS) is 14.1. The monoisotopic (exact) mass is 219 g/mol. The van der Waals surface area contributed by atoms with Crippen molar-refractivity contribution >= 4 is 5.97 Å². The van der Waals surface area contributed by atoms with Gasteiger partial charge in [0.1, 0.15) is 0 Å². The van der Waals surface area contributed by atoms with Crippen LogP contribution in [0, 0.1) is 5.41 Å². The van der Waals surface area contributed by atoms with E-state index in [2.05, 4.69) is 6.58 Å². The summed E-state index contributed by atoms with van der Waals surface area (Å²) in [5, 5.41) is 9.29. The van der Waals surface area contributed by atoms with Crippen molar-refractivity contribution in [3.8, 4) is 0 Å². The lowest BCUT2D eigenvalue weighted by molar-refractivity contribution is -0.148. The molecule has 3 nitrogen and oxygen atoms in total. The van der Waals surface area contributed by atoms with E-state index in [1.807, 2.05) is 30.3 Å². The molecule has 0 aliphatic rings. The first-order valence-corrected chi connectivity index (χ1v) is 5.23. The quantitative estimate of drug-likeness (QED) is 0.717. The van der Waals surface area contributed by atoms with E-state index in [0.717, 1.165) is 5.56 Å². The van der Waals surface area contributed by atoms with Gasteiger partial charge in [-0.3, -0.25) is 4.79 Å². The van der Waals surface area contributed by atoms with E-state index in [-0.39, 0.29) is 6.54 Å². The number of carboxylic acid groups (broad SMARTS) is 1. The van der Waals surface area contributed by atoms with Crippen molar-refractivity contribution in [3.05, 3.63) is 48.6 Å². The Morgan fingerprint density at radius 3 is 2.50 bits per heavy atom. The Morgan fingerprint density at radius 1 is 1.44 bits per heavy atom. The number of rotatable bonds is 6. The summed E-state index contributed by atoms with van der Waals surface area (Å²) < 4.78 is 0. The molecule has 3 heteroatoms. The van der Waals surface area contributed by atoms with Crippen molar-refractivity contribution in [2.45, 2.75) is 12.8 Å². The van der Waals surface area contributed by atoms with Crippen LogP contribution in [0.5, 0.6) is 0 Å². The zero-order valence-corrected chi connectivity index (χ0v) is 9.23. The molecule has 0 heterocycles. The second kappa shape index (κ2) is 5.47. The molecular weight excluding hydrogens is 202 g/mol. The molecule has 0 aliphatic heterocycles. The average molecular weight is 219 g/mol. The molecule has 0 bridgehead atoms. The van der Waals surface area contributed by atoms with Crippen LogP contribution in [0.3, 0.4) is 0 Å². The van der Waals surface area contributed by atoms with Gasteiger partial charge in [0.25, 0.3) is 0 Å². The number of benzene rings is 1. The smallest absolute Gasteiger partial charge is 0.311 e. The number of allylic oxidation sites excluding steroid dienone is 1. The van der Waals surface area contributed by atoms with Crippen LogP contribution in [0.25, 0.3) is 0 Å². The van der Waals surface area contributed by atoms with Gasteiger partial charge >= 0.3 is 5.97 Å². The van der Waals surface area contributed by atoms with Gasteiger partial charge in [0.2, 0.25) is 0 Å². The van der Waals surface area contributed by atoms with E-state index in [4.69, 9.17) is 5.73 Å². The third-order valence-corrected chi connectivity index (χ3v) is 2.76. The average Bonchev–Trinajstić information content (AvgIpc) is 2.29. The highest BCUT2D eigenvalue weighted by molar-refractivity contribution is 5.75. The maximum Gasteiger partial charge on any atom is 0.311 e. The van der Waals surface area contributed by atoms with Gasteiger partial charge in [0, 0.05) is 6.54 Å². The predicted octanol–water partition coefficient (Wildman–Crippen LogP) is 1.83. The van der Waals surface area contributed by atoms with Gasteiger partial charge in [-0.05, 0) is 18.4 Å². The predicted molar refractivity (Wildman–Crippen MR) is 64.1 cm³/mol. The molecule has 0 radical (unpaired) electrons. The van der Waals surface area contributed by atoms with Crippen LogP contribution in [0.1, 0.15) is 12.0 Å². The topological polar surface area (TPSA) is 63.3 Å². The molecule has 1 atom stereocenters. The lowest BCUT2D eigenvalue weighted by atomic mass is 9.79. The Labute approximate surface area is 95.6 Å². The van der Waals surface area contributed by atoms with E-state index in [1.54, 1.807) is 6.08 Å². The minimum Gasteiger partial charge on any atom is -0.481 e. The highest BCUT2D eigenvalue weighted by Gasteiger charge is 2.35. The summed E-state index contributed by atoms with van der Waals surface area (Å²) in [6, 6.07) is 9.52. The van der Waals surface area contributed by atoms with Crippen molar-refractivity contribution in [2.24, 2.45) is 11.1 Å². The van der Waals surface area contributed by atoms with Gasteiger partial charge in [-0.1, -0.05) is 36.4 Å². The molecule has 0 unspecified atom stereocenters. The summed E-state index contributed by atoms with van der Waals surface area (Å²) in [6.07, 6.45) is 2.43. The molecule has 0 amide bonds. The van der Waals surface area contributed by atoms with E-state index in [9.17, 15) is 9.90 Å². The van der Waals surface area contributed by atoms with Crippen molar-refractivity contribution < 1.29 is 9.90 Å². The summed E-state index contributed by atoms with van der Waals surface area (Å²) in [6.45, 7) is 3.71. The maximum atomic E-state index is 11.3. The summed E-state index contributed by atoms with van der Waals surface area (Å²) in [5.41, 5.74) is 5.67. The number of nitrogens with two attached hydrogens (primary N) is 1. The van der Waals surface area contributed by atoms with Gasteiger partial charge in [-0.2, -0.15) is 0 Å². The molecule has 3 N–H and O–H groups in total. The Hall–Kier alpha value is -1.61. The van der Waals surface area contributed by atoms with Crippen LogP contribution in [0.2, 0.25) is 0 Å². The van der Waals surface area contributed by atoms with E-state index in [1.165, 1.54) is 0 Å². The number of hydrogen-bond acceptors (Lipinski definition) is 2. The molecule has 0 fully saturated rings. The molecule has 0 saturated carbocycles. The Morgan fingerprint density at radius 2 is 2.06 bits per heavy atom. The molecule has 0 aliphatic carbocycles. The Kier molecular flexibility index (Phi) is 4.26. The van der Waals surface area contributed by atoms with E-state index >= 15 is 0 Å². The van der Waals surface area contributed by atoms with Gasteiger partial charge in [-0.15, -0.1) is 6.58 Å². The number of hydrogen-bond donors (Lipinski definition) is 2. The highest BCUT2D eigenvalue weighted by atomic mass is 16.4. The largest absolute Gasteiger partial charge is 0.481 e. The minimum atomic E-state index is -0.927. The fourth-order valence-corrected chi connectivity index (χ4v) is 1.74. The second-order valence-corrected chi connectivity index (χ2v) is 3.94. The molecule has 1 aromatic rings. The Balaban J connectivity index is 2.94. The summed E-state index contributed by atoms with van der Waals surface area (Å²) in [5.74, 6) is -0.862. The van der Waals surface area contributed by atoms with Crippen LogP contribution in [0.15, 0.2) is 43.0 Å². The Bertz CT molecular complexity index is 361. The van der Waals surface area contributed by atoms with Gasteiger partial charge in [0.15, 0.2) is 0 Å². The first-order valence-electron chi connectivity index (χ1n) is 5.23. The molecule has 0 saturated heterocycles. The number of aliphatic carboxylic acids is 1. The molecule has 16 heavy (non-hydrogen) atoms. The fourth-order valence-electron chi connectivity index (χ4n) is 1.74. The summed E-state index contributed by atoms with van der Waals surface area (Å²) in [7, 11) is 0. The van der Waals surface area contributed by atoms with Crippen molar-refractivity contribution in [2.75, 3.05) is 6.54 Å². The van der Waals surface area contributed by atoms with Crippen molar-refractivity contribution in [1.82, 2.24) is 0 Å². The van der Waals surface area contributed by atoms with Crippen LogP contribution < -0.4 is 5.73 Å². The molecular formula is C13H17NO2. The first-order chi connectivity index (χ1) is 7.64. The standard InChI is InChI=1S/C13H17NO2/c1-2-8-13(10-14,12(15)16)9-11-6-4-3-5-7-11/h2-7H,1,8-10,14H2,(H,15,16)/t13-/m0/s1. The number of carboxylic acids is 1. The zero-order chi connectivity index (χ0) is 12.0. The van der Waals surface area contributed by atoms with Crippen LogP contribution >= 0.6 is 0 Å². The maximum absolute atomic E-state index is 11.3. The highest BCUT2D eigenvalue weighted by Crippen LogP contribution is 2.27. The van der Waals surface area contributed by atoms with Gasteiger partial charge < -0.3 is 10.8 Å². The first kappa shape index (κ1) is 12.5. The molecule has 0 spiro atoms. The SMILES string of the molecule is C=CC[C@@](CN)(Cc1ccccc1)C(=O)O. The van der Waals surface area contributed by atoms with Gasteiger partial charge in [0.05, 0.1) is 5.41 Å². The zero-order valence-electron chi connectivity index (χ0n) is 9.23. The number of carbonyl (C=O) groups is 1. The van der Waals surface area contributed by atoms with Crippen molar-refractivity contribution in [3.63, 3.8) is 0 Å². The lowest BCUT2D eigenvalue weighted by Gasteiger charge is -2.26. The van der Waals surface area contributed by atoms with Crippen LogP contribution in [-0.2, 0) is 11.2 Å². The van der Waals surface area contributed by atoms with Crippen LogP contribution in [-0.4, -0.2) is 17.6 Å². The molecule has 1 aromatic carbocycles. The third kappa shape index (κ3) is 2.70. The van der Waals surface area contributed by atoms with E-state index in [0.29, 0.717) is 12.8 Å². The van der Waals surface area contributed by atoms with E-state index < -0.39 is 11.4 Å². The fraction of sp³-hybridized carbons (Fsp3) is 0.308. The van der Waals surface area contributed by atoms with Crippen LogP contribution in [0.4, 0.5) is 0 Å². The van der Waals surface area contributed by atoms with Gasteiger partial charge in [-0.25, -0.2) is 0 Å². The molecule has 86 valence electrons. The summed E-state index contributed by atoms with van der Waals surface area (Å²) >= 11 is 0. The third-order valence-electron chi connectivity index (χ3n) is 2.76.